The normalized spacial score (nSPS) is 20.3. The van der Waals surface area contributed by atoms with Gasteiger partial charge < -0.3 is 80.9 Å². The molecule has 7 heterocycles. The average molecular weight is 1760 g/mol. The van der Waals surface area contributed by atoms with Gasteiger partial charge in [-0.3, -0.25) is 41.9 Å². The molecule has 8 atom stereocenters. The van der Waals surface area contributed by atoms with Crippen LogP contribution in [0.3, 0.4) is 0 Å². The van der Waals surface area contributed by atoms with E-state index in [0.29, 0.717) is 74.7 Å². The number of hydrogen-bond donors (Lipinski definition) is 14. The smallest absolute Gasteiger partial charge is 0.452 e. The monoisotopic (exact) mass is 1760 g/mol. The molecule has 0 aliphatic carbocycles. The molecule has 3 amide bonds. The highest BCUT2D eigenvalue weighted by molar-refractivity contribution is 8.76. The lowest BCUT2D eigenvalue weighted by Crippen LogP contribution is -2.48. The molecule has 4 aliphatic rings. The summed E-state index contributed by atoms with van der Waals surface area (Å²) < 4.78 is 122. The van der Waals surface area contributed by atoms with Gasteiger partial charge in [0.05, 0.1) is 44.9 Å². The van der Waals surface area contributed by atoms with Crippen LogP contribution in [0, 0.1) is 23.7 Å². The summed E-state index contributed by atoms with van der Waals surface area (Å²) in [6.07, 6.45) is 6.64. The van der Waals surface area contributed by atoms with Crippen LogP contribution >= 0.6 is 37.2 Å². The van der Waals surface area contributed by atoms with Crippen molar-refractivity contribution >= 4 is 121 Å². The first kappa shape index (κ1) is 93.5. The number of amides is 3. The van der Waals surface area contributed by atoms with E-state index in [1.807, 2.05) is 65.0 Å². The van der Waals surface area contributed by atoms with Crippen molar-refractivity contribution in [2.75, 3.05) is 73.9 Å². The number of likely N-dealkylation sites (N-methyl/N-ethyl adjacent to an activating group) is 1. The maximum atomic E-state index is 13.9. The van der Waals surface area contributed by atoms with Gasteiger partial charge >= 0.3 is 27.3 Å². The van der Waals surface area contributed by atoms with Gasteiger partial charge in [-0.05, 0) is 105 Å². The molecule has 9 rings (SSSR count). The third-order valence-corrected chi connectivity index (χ3v) is 24.7. The van der Waals surface area contributed by atoms with Crippen LogP contribution in [0.1, 0.15) is 140 Å². The Morgan fingerprint density at radius 3 is 2.18 bits per heavy atom. The number of nitrogens with two attached hydrogens (primary N) is 2. The molecule has 0 bridgehead atoms. The molecule has 2 saturated heterocycles. The molecule has 8 unspecified atom stereocenters. The summed E-state index contributed by atoms with van der Waals surface area (Å²) in [4.78, 5) is 122. The Kier molecular flexibility index (Phi) is 32.7. The Hall–Kier alpha value is -8.35. The number of anilines is 3. The number of aliphatic hydroxyl groups excluding tert-OH is 2. The number of nitrogen functional groups attached to an aromatic ring is 2. The molecule has 2 fully saturated rings. The van der Waals surface area contributed by atoms with Crippen LogP contribution in [0.15, 0.2) is 106 Å². The number of allylic oxidation sites excluding steroid dienone is 6. The van der Waals surface area contributed by atoms with E-state index in [1.165, 1.54) is 62.9 Å². The minimum atomic E-state index is -5.16. The number of nitrogens with one attached hydrogen (secondary N) is 3. The van der Waals surface area contributed by atoms with Crippen molar-refractivity contribution in [3.8, 4) is 23.7 Å². The van der Waals surface area contributed by atoms with Crippen LogP contribution in [0.5, 0.6) is 0 Å². The van der Waals surface area contributed by atoms with Gasteiger partial charge in [-0.15, -0.1) is 0 Å². The lowest BCUT2D eigenvalue weighted by molar-refractivity contribution is -0.625. The Morgan fingerprint density at radius 2 is 1.47 bits per heavy atom. The fourth-order valence-corrected chi connectivity index (χ4v) is 17.9. The van der Waals surface area contributed by atoms with Gasteiger partial charge in [-0.2, -0.15) is 26.4 Å². The number of ether oxygens (including phenoxy) is 3. The second-order valence-electron chi connectivity index (χ2n) is 28.3. The Morgan fingerprint density at radius 1 is 0.780 bits per heavy atom. The number of aliphatic hydroxyl groups is 2. The summed E-state index contributed by atoms with van der Waals surface area (Å²) in [5, 5.41) is 45.9. The van der Waals surface area contributed by atoms with Gasteiger partial charge in [0.2, 0.25) is 23.4 Å². The largest absolute Gasteiger partial charge is 0.469 e. The predicted octanol–water partition coefficient (Wildman–Crippen LogP) is 4.33. The second kappa shape index (κ2) is 41.3. The van der Waals surface area contributed by atoms with Crippen molar-refractivity contribution in [2.45, 2.75) is 175 Å². The maximum Gasteiger partial charge on any atom is 0.469 e. The van der Waals surface area contributed by atoms with E-state index in [-0.39, 0.29) is 88.8 Å². The van der Waals surface area contributed by atoms with E-state index in [4.69, 9.17) is 45.2 Å². The quantitative estimate of drug-likeness (QED) is 0.00248. The zero-order valence-electron chi connectivity index (χ0n) is 64.4. The molecule has 40 nitrogen and oxygen atoms in total. The third kappa shape index (κ3) is 24.9. The van der Waals surface area contributed by atoms with Gasteiger partial charge in [0, 0.05) is 104 Å². The van der Waals surface area contributed by atoms with Crippen LogP contribution in [0.25, 0.3) is 11.0 Å². The van der Waals surface area contributed by atoms with E-state index in [1.54, 1.807) is 12.1 Å². The van der Waals surface area contributed by atoms with Gasteiger partial charge in [0.25, 0.3) is 20.2 Å². The fourth-order valence-electron chi connectivity index (χ4n) is 13.7. The molecular weight excluding hydrogens is 1670 g/mol. The maximum absolute atomic E-state index is 13.9. The summed E-state index contributed by atoms with van der Waals surface area (Å²) in [6.45, 7) is 9.19. The van der Waals surface area contributed by atoms with Crippen molar-refractivity contribution in [2.24, 2.45) is 0 Å². The second-order valence-corrected chi connectivity index (χ2v) is 36.2. The average Bonchev–Trinajstić information content (AvgIpc) is 1.60. The van der Waals surface area contributed by atoms with Crippen LogP contribution in [0.2, 0.25) is 0 Å². The Balaban J connectivity index is 0.781. The molecule has 46 heteroatoms. The van der Waals surface area contributed by atoms with E-state index >= 15 is 0 Å². The molecule has 0 spiro atoms. The molecule has 4 aliphatic heterocycles. The number of fused-ring (bicyclic) bond motifs is 3. The lowest BCUT2D eigenvalue weighted by Gasteiger charge is -2.25. The van der Waals surface area contributed by atoms with Gasteiger partial charge in [0.15, 0.2) is 18.5 Å². The molecule has 642 valence electrons. The zero-order chi connectivity index (χ0) is 86.1. The first-order valence-electron chi connectivity index (χ1n) is 36.9. The first-order valence-corrected chi connectivity index (χ1v) is 45.3. The van der Waals surface area contributed by atoms with Gasteiger partial charge in [-0.25, -0.2) is 34.0 Å². The lowest BCUT2D eigenvalue weighted by atomic mass is 9.81. The molecule has 3 aromatic heterocycles. The van der Waals surface area contributed by atoms with Gasteiger partial charge in [-0.1, -0.05) is 83.8 Å². The highest BCUT2D eigenvalue weighted by atomic mass is 33.1. The number of carbonyl (C=O) groups excluding carboxylic acids is 4. The number of aromatic nitrogens is 5. The predicted molar refractivity (Wildman–Crippen MR) is 426 cm³/mol. The summed E-state index contributed by atoms with van der Waals surface area (Å²) in [5.41, 5.74) is 14.9. The van der Waals surface area contributed by atoms with Crippen LogP contribution in [-0.4, -0.2) is 213 Å². The number of hydrogen-bond acceptors (Lipinski definition) is 30. The highest BCUT2D eigenvalue weighted by Crippen LogP contribution is 2.50. The fraction of sp³-hybridized carbons (Fsp3) is 0.486. The van der Waals surface area contributed by atoms with E-state index < -0.39 is 139 Å². The summed E-state index contributed by atoms with van der Waals surface area (Å²) in [7, 11) is -16.6. The number of unbranched alkanes of at least 4 members (excludes halogenated alkanes) is 4. The molecule has 118 heavy (non-hydrogen) atoms. The number of phosphoric ester groups is 2. The number of rotatable bonds is 40. The molecular formula is C72H93N12O28P2S4+. The Labute approximate surface area is 685 Å². The van der Waals surface area contributed by atoms with Crippen molar-refractivity contribution in [1.82, 2.24) is 40.0 Å². The van der Waals surface area contributed by atoms with Crippen molar-refractivity contribution in [1.29, 1.82) is 0 Å². The van der Waals surface area contributed by atoms with Crippen molar-refractivity contribution in [3.63, 3.8) is 0 Å². The molecule has 5 aromatic rings. The van der Waals surface area contributed by atoms with Crippen molar-refractivity contribution < 1.29 is 132 Å². The topological polar surface area (TPSA) is 587 Å². The van der Waals surface area contributed by atoms with Crippen LogP contribution in [-0.2, 0) is 97.6 Å². The summed E-state index contributed by atoms with van der Waals surface area (Å²) in [6, 6.07) is 7.98. The van der Waals surface area contributed by atoms with Crippen LogP contribution in [0.4, 0.5) is 23.0 Å². The van der Waals surface area contributed by atoms with Crippen LogP contribution < -0.4 is 38.0 Å². The number of benzene rings is 2. The van der Waals surface area contributed by atoms with Crippen molar-refractivity contribution in [3.05, 3.63) is 124 Å². The van der Waals surface area contributed by atoms with Gasteiger partial charge in [0.1, 0.15) is 79.6 Å². The van der Waals surface area contributed by atoms with E-state index in [9.17, 15) is 79.0 Å². The summed E-state index contributed by atoms with van der Waals surface area (Å²) >= 11 is 0. The molecule has 0 saturated carbocycles. The molecule has 16 N–H and O–H groups in total. The zero-order valence-corrected chi connectivity index (χ0v) is 69.5. The minimum Gasteiger partial charge on any atom is -0.452 e. The standard InChI is InChI=1S/C72H92N12O28P2S4/c1-6-81-51-28-26-46(117(99,100)101)35-48(51)71(2,3)56(81)21-10-7-11-22-57-72(4,5)49-36-47(118(102,103)104)27-29-52(49)82(57)32-15-9-13-24-59(86)79-50(42-116-115-34-18-25-61(87)105-33-17-20-44-38-84(67-62(44)66(74)77-43-78-67)69-64(89)63(88)55(109-69)40-106-112-111-92)68(90)76-30-14-8-12-23-58(85)75-31-16-19-45-39-83(70(91)80-65(45)73)60-37-53(110-114(96,97)98)54(108-60)41-107-113(93,94)95/h7,10-11,21-22,26-29,35-36,38-39,43,50,53-55,60,63-64,69,88-89H,6,8-9,12-15,18,23-25,30-34,37,40-42H2,1-5H3,(H13-,73,74,75,76,77,78,79,80,85,86,90,91,92,93,94,95,96,97,98,99,100,101,102,103,104)/p+1. The number of esters is 1. The SMILES string of the molecule is CCN1C(=CC=CC=CC2=[N+](CCCCCC(=O)NC(CSSCCCC(=O)OCC#Cc3cn(C4OC(COOOO)C(O)C4O)c4ncnc(N)c34)C(=O)NCCCCCC(=O)NCC#Cc3cn(C4CC(OP(=O)(O)O)C(COP(=O)(O)O)O4)c(=O)nc3N)c3ccc(S(=O)(=O)O)cc3C2(C)C)C(C)(C)c2cc(S(=O)(=O)O)ccc21. The molecule has 2 aromatic carbocycles. The minimum absolute atomic E-state index is 0.00304. The number of carbonyl (C=O) groups is 4. The van der Waals surface area contributed by atoms with E-state index in [0.717, 1.165) is 39.1 Å². The van der Waals surface area contributed by atoms with E-state index in [2.05, 4.69) is 83.5 Å². The Bertz CT molecular complexity index is 5190. The number of nitrogens with zero attached hydrogens (tertiary/aromatic N) is 7. The molecule has 0 radical (unpaired) electrons. The third-order valence-electron chi connectivity index (χ3n) is 19.5. The highest BCUT2D eigenvalue weighted by Gasteiger charge is 2.48. The summed E-state index contributed by atoms with van der Waals surface area (Å²) in [5.74, 6) is 9.53. The number of phosphoric acid groups is 2. The first-order chi connectivity index (χ1) is 55.7.